The van der Waals surface area contributed by atoms with Crippen LogP contribution in [0.1, 0.15) is 28.2 Å². The molecular formula is C20H16F2N2O4. The Kier molecular flexibility index (Phi) is 5.78. The van der Waals surface area contributed by atoms with Gasteiger partial charge in [0, 0.05) is 12.0 Å². The Hall–Kier alpha value is -3.55. The molecule has 0 radical (unpaired) electrons. The minimum absolute atomic E-state index is 0.0148. The molecular weight excluding hydrogens is 370 g/mol. The van der Waals surface area contributed by atoms with E-state index in [1.807, 2.05) is 0 Å². The van der Waals surface area contributed by atoms with Gasteiger partial charge in [-0.05, 0) is 29.8 Å². The van der Waals surface area contributed by atoms with E-state index in [-0.39, 0.29) is 36.7 Å². The summed E-state index contributed by atoms with van der Waals surface area (Å²) in [5.74, 6) is -2.43. The number of nitrogens with two attached hydrogens (primary N) is 1. The first kappa shape index (κ1) is 19.2. The molecule has 28 heavy (non-hydrogen) atoms. The highest BCUT2D eigenvalue weighted by Crippen LogP contribution is 2.26. The summed E-state index contributed by atoms with van der Waals surface area (Å²) in [4.78, 5) is 26.8. The van der Waals surface area contributed by atoms with Crippen molar-refractivity contribution < 1.29 is 27.5 Å². The third-order valence-corrected chi connectivity index (χ3v) is 3.94. The molecule has 0 aliphatic carbocycles. The Morgan fingerprint density at radius 1 is 1.07 bits per heavy atom. The Morgan fingerprint density at radius 2 is 1.75 bits per heavy atom. The second-order valence-corrected chi connectivity index (χ2v) is 5.94. The van der Waals surface area contributed by atoms with Crippen LogP contribution < -0.4 is 5.73 Å². The number of halogens is 2. The molecule has 2 N–H and O–H groups in total. The number of nitrogens with zero attached hydrogens (tertiary/aromatic N) is 1. The lowest BCUT2D eigenvalue weighted by Crippen LogP contribution is -2.11. The van der Waals surface area contributed by atoms with Crippen LogP contribution in [0.3, 0.4) is 0 Å². The number of rotatable bonds is 7. The van der Waals surface area contributed by atoms with Crippen LogP contribution in [-0.2, 0) is 22.6 Å². The average molecular weight is 386 g/mol. The summed E-state index contributed by atoms with van der Waals surface area (Å²) in [6.07, 6.45) is 1.32. The molecule has 0 aliphatic heterocycles. The van der Waals surface area contributed by atoms with Crippen molar-refractivity contribution in [3.05, 3.63) is 77.3 Å². The quantitative estimate of drug-likeness (QED) is 0.628. The minimum atomic E-state index is -0.760. The van der Waals surface area contributed by atoms with Crippen LogP contribution in [0.5, 0.6) is 0 Å². The molecule has 1 amide bonds. The van der Waals surface area contributed by atoms with E-state index < -0.39 is 23.5 Å². The van der Waals surface area contributed by atoms with Crippen LogP contribution in [0, 0.1) is 11.6 Å². The van der Waals surface area contributed by atoms with E-state index in [1.165, 1.54) is 12.3 Å². The molecule has 2 aromatic carbocycles. The number of esters is 1. The first-order valence-electron chi connectivity index (χ1n) is 8.37. The number of primary amides is 1. The zero-order chi connectivity index (χ0) is 20.1. The number of ether oxygens (including phenoxy) is 1. The van der Waals surface area contributed by atoms with Gasteiger partial charge in [-0.2, -0.15) is 0 Å². The van der Waals surface area contributed by atoms with E-state index >= 15 is 0 Å². The zero-order valence-electron chi connectivity index (χ0n) is 14.7. The number of aryl methyl sites for hydroxylation is 1. The smallest absolute Gasteiger partial charge is 0.306 e. The van der Waals surface area contributed by atoms with E-state index in [9.17, 15) is 18.4 Å². The molecule has 0 fully saturated rings. The number of benzene rings is 2. The minimum Gasteiger partial charge on any atom is -0.461 e. The maximum Gasteiger partial charge on any atom is 0.306 e. The van der Waals surface area contributed by atoms with E-state index in [0.29, 0.717) is 11.1 Å². The number of amides is 1. The summed E-state index contributed by atoms with van der Waals surface area (Å²) in [7, 11) is 0. The molecule has 3 aromatic rings. The van der Waals surface area contributed by atoms with Gasteiger partial charge >= 0.3 is 5.97 Å². The highest BCUT2D eigenvalue weighted by molar-refractivity contribution is 5.92. The number of hydrogen-bond donors (Lipinski definition) is 1. The van der Waals surface area contributed by atoms with Gasteiger partial charge in [0.05, 0.1) is 18.2 Å². The summed E-state index contributed by atoms with van der Waals surface area (Å²) in [6, 6.07) is 9.85. The average Bonchev–Trinajstić information content (AvgIpc) is 3.13. The fourth-order valence-electron chi connectivity index (χ4n) is 2.48. The van der Waals surface area contributed by atoms with Crippen LogP contribution in [0.25, 0.3) is 11.3 Å². The van der Waals surface area contributed by atoms with E-state index in [1.54, 1.807) is 24.3 Å². The highest BCUT2D eigenvalue weighted by Gasteiger charge is 2.16. The molecule has 0 atom stereocenters. The molecule has 6 nitrogen and oxygen atoms in total. The maximum atomic E-state index is 13.8. The molecule has 0 saturated heterocycles. The van der Waals surface area contributed by atoms with Crippen LogP contribution in [0.4, 0.5) is 8.78 Å². The van der Waals surface area contributed by atoms with Crippen molar-refractivity contribution in [2.45, 2.75) is 19.4 Å². The molecule has 3 rings (SSSR count). The maximum absolute atomic E-state index is 13.8. The predicted molar refractivity (Wildman–Crippen MR) is 94.9 cm³/mol. The number of aromatic nitrogens is 1. The van der Waals surface area contributed by atoms with Gasteiger partial charge in [-0.15, -0.1) is 0 Å². The lowest BCUT2D eigenvalue weighted by Gasteiger charge is -2.05. The number of carbonyl (C=O) groups is 2. The largest absolute Gasteiger partial charge is 0.461 e. The van der Waals surface area contributed by atoms with Gasteiger partial charge in [-0.1, -0.05) is 18.2 Å². The fraction of sp³-hybridized carbons (Fsp3) is 0.150. The lowest BCUT2D eigenvalue weighted by molar-refractivity contribution is -0.145. The van der Waals surface area contributed by atoms with E-state index in [4.69, 9.17) is 14.9 Å². The zero-order valence-corrected chi connectivity index (χ0v) is 14.7. The summed E-state index contributed by atoms with van der Waals surface area (Å²) < 4.78 is 38.0. The Balaban J connectivity index is 1.52. The molecule has 0 saturated carbocycles. The summed E-state index contributed by atoms with van der Waals surface area (Å²) in [5.41, 5.74) is 5.92. The molecule has 0 aliphatic rings. The molecule has 8 heteroatoms. The van der Waals surface area contributed by atoms with Crippen molar-refractivity contribution in [2.75, 3.05) is 0 Å². The van der Waals surface area contributed by atoms with Gasteiger partial charge in [0.2, 0.25) is 5.91 Å². The highest BCUT2D eigenvalue weighted by atomic mass is 19.1. The first-order chi connectivity index (χ1) is 13.4. The van der Waals surface area contributed by atoms with Gasteiger partial charge in [0.15, 0.2) is 11.7 Å². The lowest BCUT2D eigenvalue weighted by atomic mass is 10.1. The van der Waals surface area contributed by atoms with Crippen LogP contribution >= 0.6 is 0 Å². The second-order valence-electron chi connectivity index (χ2n) is 5.94. The third kappa shape index (κ3) is 4.59. The summed E-state index contributed by atoms with van der Waals surface area (Å²) >= 11 is 0. The van der Waals surface area contributed by atoms with Crippen LogP contribution in [0.2, 0.25) is 0 Å². The fourth-order valence-corrected chi connectivity index (χ4v) is 2.48. The van der Waals surface area contributed by atoms with Crippen molar-refractivity contribution in [3.63, 3.8) is 0 Å². The molecule has 1 aromatic heterocycles. The summed E-state index contributed by atoms with van der Waals surface area (Å²) in [5, 5.41) is 0. The normalized spacial score (nSPS) is 10.6. The summed E-state index contributed by atoms with van der Waals surface area (Å²) in [6.45, 7) is 0.0369. The van der Waals surface area contributed by atoms with Crippen molar-refractivity contribution in [1.29, 1.82) is 0 Å². The van der Waals surface area contributed by atoms with Gasteiger partial charge in [-0.3, -0.25) is 9.59 Å². The Bertz CT molecular complexity index is 979. The van der Waals surface area contributed by atoms with Crippen LogP contribution in [0.15, 0.2) is 53.1 Å². The van der Waals surface area contributed by atoms with Gasteiger partial charge in [-0.25, -0.2) is 13.8 Å². The molecule has 144 valence electrons. The van der Waals surface area contributed by atoms with Gasteiger partial charge < -0.3 is 14.9 Å². The topological polar surface area (TPSA) is 95.4 Å². The van der Waals surface area contributed by atoms with Gasteiger partial charge in [0.1, 0.15) is 18.2 Å². The van der Waals surface area contributed by atoms with Crippen molar-refractivity contribution in [1.82, 2.24) is 4.98 Å². The van der Waals surface area contributed by atoms with Crippen molar-refractivity contribution in [2.24, 2.45) is 5.73 Å². The first-order valence-corrected chi connectivity index (χ1v) is 8.37. The number of hydrogen-bond acceptors (Lipinski definition) is 5. The second kappa shape index (κ2) is 8.43. The standard InChI is InChI=1S/C20H16F2N2O4/c21-14-2-1-3-15(22)19(14)16-10-24-17(28-16)8-9-18(25)27-11-12-4-6-13(7-5-12)20(23)26/h1-7,10H,8-9,11H2,(H2,23,26). The van der Waals surface area contributed by atoms with Crippen molar-refractivity contribution in [3.8, 4) is 11.3 Å². The Labute approximate surface area is 158 Å². The monoisotopic (exact) mass is 386 g/mol. The van der Waals surface area contributed by atoms with E-state index in [2.05, 4.69) is 4.98 Å². The molecule has 1 heterocycles. The third-order valence-electron chi connectivity index (χ3n) is 3.94. The van der Waals surface area contributed by atoms with Gasteiger partial charge in [0.25, 0.3) is 0 Å². The number of oxazole rings is 1. The van der Waals surface area contributed by atoms with Crippen molar-refractivity contribution >= 4 is 11.9 Å². The Morgan fingerprint density at radius 3 is 2.39 bits per heavy atom. The number of carbonyl (C=O) groups excluding carboxylic acids is 2. The molecule has 0 spiro atoms. The van der Waals surface area contributed by atoms with Crippen LogP contribution in [-0.4, -0.2) is 16.9 Å². The predicted octanol–water partition coefficient (Wildman–Crippen LogP) is 3.39. The molecule has 0 bridgehead atoms. The van der Waals surface area contributed by atoms with E-state index in [0.717, 1.165) is 12.1 Å². The molecule has 0 unspecified atom stereocenters. The SMILES string of the molecule is NC(=O)c1ccc(COC(=O)CCc2ncc(-c3c(F)cccc3F)o2)cc1.